The topological polar surface area (TPSA) is 46.2 Å². The summed E-state index contributed by atoms with van der Waals surface area (Å²) in [7, 11) is -2.85. The minimum atomic E-state index is -2.85. The lowest BCUT2D eigenvalue weighted by atomic mass is 10.1. The van der Waals surface area contributed by atoms with Gasteiger partial charge in [0.15, 0.2) is 10.8 Å². The Balaban J connectivity index is 3.44. The van der Waals surface area contributed by atoms with E-state index in [0.29, 0.717) is 26.4 Å². The zero-order valence-electron chi connectivity index (χ0n) is 23.7. The molecule has 1 heterocycles. The maximum atomic E-state index is 7.00. The van der Waals surface area contributed by atoms with E-state index in [-0.39, 0.29) is 0 Å². The van der Waals surface area contributed by atoms with Gasteiger partial charge in [-0.05, 0) is 53.0 Å². The van der Waals surface area contributed by atoms with E-state index >= 15 is 0 Å². The quantitative estimate of drug-likeness (QED) is 0.0850. The summed E-state index contributed by atoms with van der Waals surface area (Å²) >= 11 is 0. The summed E-state index contributed by atoms with van der Waals surface area (Å²) in [5, 5.41) is 0. The highest BCUT2D eigenvalue weighted by Crippen LogP contribution is 2.49. The van der Waals surface area contributed by atoms with Crippen molar-refractivity contribution in [3.63, 3.8) is 0 Å². The molecule has 1 rings (SSSR count). The largest absolute Gasteiger partial charge is 0.407 e. The molecule has 0 radical (unpaired) electrons. The van der Waals surface area contributed by atoms with Gasteiger partial charge in [0.2, 0.25) is 0 Å². The van der Waals surface area contributed by atoms with Gasteiger partial charge in [-0.1, -0.05) is 71.6 Å². The minimum absolute atomic E-state index is 0.609. The summed E-state index contributed by atoms with van der Waals surface area (Å²) in [6.45, 7) is 16.1. The van der Waals surface area contributed by atoms with Crippen molar-refractivity contribution in [3.8, 4) is 0 Å². The van der Waals surface area contributed by atoms with Gasteiger partial charge < -0.3 is 23.4 Å². The molecule has 0 aromatic carbocycles. The summed E-state index contributed by atoms with van der Waals surface area (Å²) in [4.78, 5) is 0. The third-order valence-corrected chi connectivity index (χ3v) is 12.5. The van der Waals surface area contributed by atoms with Crippen LogP contribution in [-0.2, 0) is 23.4 Å². The van der Waals surface area contributed by atoms with Crippen molar-refractivity contribution < 1.29 is 23.4 Å². The minimum Gasteiger partial charge on any atom is -0.407 e. The molecule has 6 heteroatoms. The van der Waals surface area contributed by atoms with Crippen LogP contribution in [-0.4, -0.2) is 52.2 Å². The molecule has 0 aromatic rings. The first-order valence-corrected chi connectivity index (χ1v) is 16.9. The highest BCUT2D eigenvalue weighted by Gasteiger charge is 2.71. The maximum Gasteiger partial charge on any atom is 0.320 e. The number of rotatable bonds is 22. The first-order valence-electron chi connectivity index (χ1n) is 14.8. The predicted molar refractivity (Wildman–Crippen MR) is 144 cm³/mol. The Morgan fingerprint density at radius 3 is 1.29 bits per heavy atom. The third-order valence-electron chi connectivity index (χ3n) is 7.23. The fraction of sp³-hybridized carbons (Fsp3) is 1.00. The molecule has 1 aliphatic heterocycles. The lowest BCUT2D eigenvalue weighted by Crippen LogP contribution is -2.78. The smallest absolute Gasteiger partial charge is 0.320 e. The lowest BCUT2D eigenvalue weighted by Gasteiger charge is -2.57. The van der Waals surface area contributed by atoms with Gasteiger partial charge in [0.1, 0.15) is 0 Å². The average molecular weight is 503 g/mol. The van der Waals surface area contributed by atoms with E-state index in [1.165, 1.54) is 51.4 Å². The molecule has 0 saturated carbocycles. The molecule has 0 N–H and O–H groups in total. The van der Waals surface area contributed by atoms with Crippen molar-refractivity contribution in [1.82, 2.24) is 0 Å². The molecule has 0 bridgehead atoms. The maximum absolute atomic E-state index is 7.00. The fourth-order valence-corrected chi connectivity index (χ4v) is 11.6. The summed E-state index contributed by atoms with van der Waals surface area (Å²) in [6, 6.07) is 0.969. The van der Waals surface area contributed by atoms with Gasteiger partial charge in [-0.2, -0.15) is 0 Å². The summed E-state index contributed by atoms with van der Waals surface area (Å²) in [5.74, 6) is 0. The predicted octanol–water partition coefficient (Wildman–Crippen LogP) is 8.08. The van der Waals surface area contributed by atoms with Gasteiger partial charge in [-0.15, -0.1) is 0 Å². The Kier molecular flexibility index (Phi) is 17.2. The van der Waals surface area contributed by atoms with Crippen molar-refractivity contribution in [2.45, 2.75) is 148 Å². The fourth-order valence-electron chi connectivity index (χ4n) is 5.78. The standard InChI is InChI=1S/C28H58O5Si/c1-7-13-15-17-19-23-27(29-9-3,30-10-4)34(26-22-21-25-33-34)28(31-11-5,32-12-6)24-20-18-16-14-8-2/h7-26H2,1-6H3. The van der Waals surface area contributed by atoms with Crippen molar-refractivity contribution in [3.05, 3.63) is 0 Å². The van der Waals surface area contributed by atoms with Gasteiger partial charge >= 0.3 is 8.32 Å². The van der Waals surface area contributed by atoms with Crippen LogP contribution in [0.1, 0.15) is 131 Å². The Bertz CT molecular complexity index is 433. The molecule has 204 valence electrons. The van der Waals surface area contributed by atoms with Crippen molar-refractivity contribution >= 4 is 8.32 Å². The third kappa shape index (κ3) is 8.55. The normalized spacial score (nSPS) is 16.8. The summed E-state index contributed by atoms with van der Waals surface area (Å²) < 4.78 is 33.9. The Morgan fingerprint density at radius 1 is 0.559 bits per heavy atom. The van der Waals surface area contributed by atoms with Gasteiger partial charge in [0, 0.05) is 45.9 Å². The van der Waals surface area contributed by atoms with Crippen molar-refractivity contribution in [2.75, 3.05) is 33.0 Å². The second kappa shape index (κ2) is 18.3. The van der Waals surface area contributed by atoms with Gasteiger partial charge in [-0.3, -0.25) is 0 Å². The molecular weight excluding hydrogens is 444 g/mol. The molecule has 1 fully saturated rings. The highest BCUT2D eigenvalue weighted by atomic mass is 28.4. The Morgan fingerprint density at radius 2 is 0.971 bits per heavy atom. The molecule has 1 aliphatic rings. The van der Waals surface area contributed by atoms with Gasteiger partial charge in [0.25, 0.3) is 0 Å². The second-order valence-electron chi connectivity index (χ2n) is 9.70. The van der Waals surface area contributed by atoms with Gasteiger partial charge in [-0.25, -0.2) is 0 Å². The molecule has 0 atom stereocenters. The molecule has 0 spiro atoms. The molecule has 5 nitrogen and oxygen atoms in total. The molecule has 34 heavy (non-hydrogen) atoms. The average Bonchev–Trinajstić information content (AvgIpc) is 2.84. The Hall–Kier alpha value is 0.0169. The van der Waals surface area contributed by atoms with Gasteiger partial charge in [0.05, 0.1) is 0 Å². The first-order chi connectivity index (χ1) is 16.6. The molecule has 0 amide bonds. The highest BCUT2D eigenvalue weighted by molar-refractivity contribution is 6.78. The van der Waals surface area contributed by atoms with Crippen LogP contribution in [0.25, 0.3) is 0 Å². The van der Waals surface area contributed by atoms with Crippen LogP contribution >= 0.6 is 0 Å². The van der Waals surface area contributed by atoms with Crippen LogP contribution in [0, 0.1) is 0 Å². The number of ether oxygens (including phenoxy) is 4. The van der Waals surface area contributed by atoms with Crippen LogP contribution < -0.4 is 0 Å². The van der Waals surface area contributed by atoms with Crippen LogP contribution in [0.15, 0.2) is 0 Å². The van der Waals surface area contributed by atoms with E-state index in [0.717, 1.165) is 51.2 Å². The zero-order valence-corrected chi connectivity index (χ0v) is 24.7. The van der Waals surface area contributed by atoms with Crippen LogP contribution in [0.4, 0.5) is 0 Å². The van der Waals surface area contributed by atoms with Crippen molar-refractivity contribution in [1.29, 1.82) is 0 Å². The van der Waals surface area contributed by atoms with E-state index < -0.39 is 19.1 Å². The monoisotopic (exact) mass is 502 g/mol. The number of unbranched alkanes of at least 4 members (excludes halogenated alkanes) is 8. The van der Waals surface area contributed by atoms with Crippen LogP contribution in [0.5, 0.6) is 0 Å². The van der Waals surface area contributed by atoms with E-state index in [4.69, 9.17) is 23.4 Å². The summed E-state index contributed by atoms with van der Waals surface area (Å²) in [5.41, 5.74) is -1.48. The van der Waals surface area contributed by atoms with Crippen LogP contribution in [0.3, 0.4) is 0 Å². The lowest BCUT2D eigenvalue weighted by molar-refractivity contribution is -0.245. The SMILES string of the molecule is CCCCCCCC(OCC)(OCC)[Si]1(C(CCCCCCC)(OCC)OCC)CCCCO1. The van der Waals surface area contributed by atoms with Crippen LogP contribution in [0.2, 0.25) is 6.04 Å². The van der Waals surface area contributed by atoms with Crippen molar-refractivity contribution in [2.24, 2.45) is 0 Å². The van der Waals surface area contributed by atoms with E-state index in [1.54, 1.807) is 0 Å². The molecule has 0 unspecified atom stereocenters. The molecule has 1 saturated heterocycles. The molecule has 0 aromatic heterocycles. The van der Waals surface area contributed by atoms with E-state index in [9.17, 15) is 0 Å². The zero-order chi connectivity index (χ0) is 25.2. The van der Waals surface area contributed by atoms with E-state index in [1.807, 2.05) is 0 Å². The van der Waals surface area contributed by atoms with E-state index in [2.05, 4.69) is 41.5 Å². The molecule has 0 aliphatic carbocycles. The molecular formula is C28H58O5Si. The first kappa shape index (κ1) is 32.0. The summed E-state index contributed by atoms with van der Waals surface area (Å²) in [6.07, 6.45) is 16.1. The second-order valence-corrected chi connectivity index (χ2v) is 13.7. The number of hydrogen-bond acceptors (Lipinski definition) is 5. The Labute approximate surface area is 213 Å². The number of hydrogen-bond donors (Lipinski definition) is 0.